The van der Waals surface area contributed by atoms with Gasteiger partial charge in [0.25, 0.3) is 0 Å². The molecule has 2 fully saturated rings. The second-order valence-corrected chi connectivity index (χ2v) is 5.52. The van der Waals surface area contributed by atoms with Crippen LogP contribution in [0.1, 0.15) is 44.9 Å². The van der Waals surface area contributed by atoms with Crippen LogP contribution in [0.2, 0.25) is 0 Å². The van der Waals surface area contributed by atoms with Crippen molar-refractivity contribution in [3.8, 4) is 0 Å². The van der Waals surface area contributed by atoms with Crippen LogP contribution in [-0.2, 0) is 9.53 Å². The monoisotopic (exact) mass is 269 g/mol. The Kier molecular flexibility index (Phi) is 4.63. The molecule has 1 unspecified atom stereocenters. The average Bonchev–Trinajstić information content (AvgIpc) is 2.48. The van der Waals surface area contributed by atoms with Gasteiger partial charge in [-0.3, -0.25) is 4.79 Å². The summed E-state index contributed by atoms with van der Waals surface area (Å²) in [5.74, 6) is -0.0700. The van der Waals surface area contributed by atoms with E-state index >= 15 is 0 Å². The Morgan fingerprint density at radius 2 is 2.05 bits per heavy atom. The number of oxime groups is 1. The number of hydrogen-bond acceptors (Lipinski definition) is 4. The first kappa shape index (κ1) is 14.1. The molecule has 1 saturated heterocycles. The fraction of sp³-hybridized carbons (Fsp3) is 0.846. The molecular weight excluding hydrogens is 246 g/mol. The van der Waals surface area contributed by atoms with E-state index in [1.54, 1.807) is 0 Å². The average molecular weight is 269 g/mol. The molecular formula is C13H23N3O3. The van der Waals surface area contributed by atoms with Crippen LogP contribution in [0.4, 0.5) is 0 Å². The summed E-state index contributed by atoms with van der Waals surface area (Å²) in [5, 5.41) is 15.1. The maximum Gasteiger partial charge on any atom is 0.234 e. The molecule has 0 bridgehead atoms. The minimum Gasteiger partial charge on any atom is -0.409 e. The highest BCUT2D eigenvalue weighted by Crippen LogP contribution is 2.37. The van der Waals surface area contributed by atoms with Crippen molar-refractivity contribution in [2.45, 2.75) is 51.0 Å². The largest absolute Gasteiger partial charge is 0.409 e. The Hall–Kier alpha value is -1.30. The van der Waals surface area contributed by atoms with Gasteiger partial charge in [0, 0.05) is 6.61 Å². The van der Waals surface area contributed by atoms with Crippen LogP contribution in [0.5, 0.6) is 0 Å². The molecule has 108 valence electrons. The number of amidine groups is 1. The number of nitrogens with two attached hydrogens (primary N) is 1. The van der Waals surface area contributed by atoms with Gasteiger partial charge >= 0.3 is 0 Å². The first-order valence-corrected chi connectivity index (χ1v) is 7.06. The van der Waals surface area contributed by atoms with Gasteiger partial charge in [-0.25, -0.2) is 0 Å². The molecule has 1 aliphatic carbocycles. The Morgan fingerprint density at radius 3 is 2.63 bits per heavy atom. The maximum atomic E-state index is 12.6. The van der Waals surface area contributed by atoms with Crippen molar-refractivity contribution in [2.75, 3.05) is 13.2 Å². The van der Waals surface area contributed by atoms with E-state index in [4.69, 9.17) is 15.7 Å². The molecule has 1 heterocycles. The number of carbonyl (C=O) groups is 1. The van der Waals surface area contributed by atoms with Gasteiger partial charge in [0.1, 0.15) is 5.41 Å². The van der Waals surface area contributed by atoms with Crippen molar-refractivity contribution in [3.63, 3.8) is 0 Å². The number of nitrogens with one attached hydrogen (secondary N) is 1. The van der Waals surface area contributed by atoms with Crippen LogP contribution in [0.15, 0.2) is 5.16 Å². The lowest BCUT2D eigenvalue weighted by molar-refractivity contribution is -0.130. The van der Waals surface area contributed by atoms with Crippen LogP contribution in [0, 0.1) is 5.41 Å². The molecule has 2 rings (SSSR count). The van der Waals surface area contributed by atoms with Gasteiger partial charge in [-0.2, -0.15) is 0 Å². The second kappa shape index (κ2) is 6.23. The van der Waals surface area contributed by atoms with Crippen LogP contribution in [0.25, 0.3) is 0 Å². The lowest BCUT2D eigenvalue weighted by Gasteiger charge is -2.36. The first-order chi connectivity index (χ1) is 9.19. The zero-order valence-corrected chi connectivity index (χ0v) is 11.2. The van der Waals surface area contributed by atoms with E-state index in [9.17, 15) is 4.79 Å². The van der Waals surface area contributed by atoms with Crippen molar-refractivity contribution in [1.82, 2.24) is 5.32 Å². The molecule has 6 heteroatoms. The molecule has 0 spiro atoms. The van der Waals surface area contributed by atoms with Crippen LogP contribution >= 0.6 is 0 Å². The van der Waals surface area contributed by atoms with Crippen LogP contribution in [0.3, 0.4) is 0 Å². The summed E-state index contributed by atoms with van der Waals surface area (Å²) in [6.45, 7) is 1.32. The lowest BCUT2D eigenvalue weighted by Crippen LogP contribution is -2.54. The van der Waals surface area contributed by atoms with E-state index in [1.165, 1.54) is 0 Å². The van der Waals surface area contributed by atoms with E-state index in [0.717, 1.165) is 38.7 Å². The van der Waals surface area contributed by atoms with Crippen molar-refractivity contribution < 1.29 is 14.7 Å². The number of carbonyl (C=O) groups excluding carboxylic acids is 1. The molecule has 1 aliphatic heterocycles. The summed E-state index contributed by atoms with van der Waals surface area (Å²) < 4.78 is 5.36. The molecule has 4 N–H and O–H groups in total. The van der Waals surface area contributed by atoms with Gasteiger partial charge in [-0.15, -0.1) is 0 Å². The van der Waals surface area contributed by atoms with E-state index in [-0.39, 0.29) is 17.8 Å². The predicted octanol–water partition coefficient (Wildman–Crippen LogP) is 0.978. The SMILES string of the molecule is NC(=NO)C1(C(=O)NC2CCCOC2)CCCCC1. The van der Waals surface area contributed by atoms with E-state index in [2.05, 4.69) is 10.5 Å². The fourth-order valence-electron chi connectivity index (χ4n) is 3.03. The third-order valence-electron chi connectivity index (χ3n) is 4.24. The van der Waals surface area contributed by atoms with Crippen LogP contribution < -0.4 is 11.1 Å². The second-order valence-electron chi connectivity index (χ2n) is 5.52. The summed E-state index contributed by atoms with van der Waals surface area (Å²) in [4.78, 5) is 12.6. The summed E-state index contributed by atoms with van der Waals surface area (Å²) in [5.41, 5.74) is 4.97. The van der Waals surface area contributed by atoms with Crippen molar-refractivity contribution >= 4 is 11.7 Å². The van der Waals surface area contributed by atoms with Crippen molar-refractivity contribution in [2.24, 2.45) is 16.3 Å². The Bertz CT molecular complexity index is 345. The Balaban J connectivity index is 2.06. The van der Waals surface area contributed by atoms with Crippen molar-refractivity contribution in [1.29, 1.82) is 0 Å². The number of rotatable bonds is 3. The highest BCUT2D eigenvalue weighted by Gasteiger charge is 2.44. The Morgan fingerprint density at radius 1 is 1.32 bits per heavy atom. The molecule has 1 atom stereocenters. The molecule has 0 aromatic rings. The van der Waals surface area contributed by atoms with Gasteiger partial charge < -0.3 is 21.0 Å². The highest BCUT2D eigenvalue weighted by atomic mass is 16.5. The molecule has 2 aliphatic rings. The topological polar surface area (TPSA) is 96.9 Å². The van der Waals surface area contributed by atoms with Gasteiger partial charge in [0.15, 0.2) is 5.84 Å². The minimum absolute atomic E-state index is 0.0430. The quantitative estimate of drug-likeness (QED) is 0.308. The zero-order chi connectivity index (χ0) is 13.7. The lowest BCUT2D eigenvalue weighted by atomic mass is 9.72. The molecule has 19 heavy (non-hydrogen) atoms. The van der Waals surface area contributed by atoms with Gasteiger partial charge in [-0.05, 0) is 25.7 Å². The van der Waals surface area contributed by atoms with Gasteiger partial charge in [-0.1, -0.05) is 24.4 Å². The zero-order valence-electron chi connectivity index (χ0n) is 11.2. The third kappa shape index (κ3) is 3.00. The van der Waals surface area contributed by atoms with E-state index in [0.29, 0.717) is 19.4 Å². The fourth-order valence-corrected chi connectivity index (χ4v) is 3.03. The maximum absolute atomic E-state index is 12.6. The normalized spacial score (nSPS) is 27.8. The Labute approximate surface area is 113 Å². The number of ether oxygens (including phenoxy) is 1. The summed E-state index contributed by atoms with van der Waals surface area (Å²) in [7, 11) is 0. The van der Waals surface area contributed by atoms with Crippen molar-refractivity contribution in [3.05, 3.63) is 0 Å². The summed E-state index contributed by atoms with van der Waals surface area (Å²) >= 11 is 0. The first-order valence-electron chi connectivity index (χ1n) is 7.06. The van der Waals surface area contributed by atoms with E-state index in [1.807, 2.05) is 0 Å². The summed E-state index contributed by atoms with van der Waals surface area (Å²) in [6, 6.07) is 0.0477. The number of nitrogens with zero attached hydrogens (tertiary/aromatic N) is 1. The standard InChI is InChI=1S/C13H23N3O3/c14-11(16-18)13(6-2-1-3-7-13)12(17)15-10-5-4-8-19-9-10/h10,18H,1-9H2,(H2,14,16)(H,15,17). The molecule has 0 aromatic heterocycles. The highest BCUT2D eigenvalue weighted by molar-refractivity contribution is 6.06. The molecule has 1 saturated carbocycles. The van der Waals surface area contributed by atoms with Gasteiger partial charge in [0.05, 0.1) is 12.6 Å². The predicted molar refractivity (Wildman–Crippen MR) is 70.9 cm³/mol. The molecule has 0 radical (unpaired) electrons. The molecule has 6 nitrogen and oxygen atoms in total. The van der Waals surface area contributed by atoms with Gasteiger partial charge in [0.2, 0.25) is 5.91 Å². The minimum atomic E-state index is -0.829. The molecule has 1 amide bonds. The number of amides is 1. The molecule has 0 aromatic carbocycles. The number of hydrogen-bond donors (Lipinski definition) is 3. The smallest absolute Gasteiger partial charge is 0.234 e. The van der Waals surface area contributed by atoms with E-state index < -0.39 is 5.41 Å². The van der Waals surface area contributed by atoms with Crippen LogP contribution in [-0.4, -0.2) is 36.2 Å². The third-order valence-corrected chi connectivity index (χ3v) is 4.24. The summed E-state index contributed by atoms with van der Waals surface area (Å²) in [6.07, 6.45) is 6.17.